The highest BCUT2D eigenvalue weighted by Crippen LogP contribution is 2.10. The second kappa shape index (κ2) is 5.07. The van der Waals surface area contributed by atoms with Gasteiger partial charge in [-0.1, -0.05) is 20.8 Å². The molecule has 88 valence electrons. The molecule has 0 atom stereocenters. The van der Waals surface area contributed by atoms with Crippen molar-refractivity contribution in [3.63, 3.8) is 0 Å². The van der Waals surface area contributed by atoms with Gasteiger partial charge in [0.05, 0.1) is 11.3 Å². The van der Waals surface area contributed by atoms with E-state index in [1.54, 1.807) is 12.1 Å². The summed E-state index contributed by atoms with van der Waals surface area (Å²) in [4.78, 5) is 14.7. The number of nitrogens with zero attached hydrogens (tertiary/aromatic N) is 1. The number of hydrogen-bond donors (Lipinski definition) is 2. The fourth-order valence-electron chi connectivity index (χ4n) is 1.22. The highest BCUT2D eigenvalue weighted by atomic mass is 16.4. The molecule has 0 bridgehead atoms. The molecule has 4 heteroatoms. The lowest BCUT2D eigenvalue weighted by Gasteiger charge is -2.18. The Morgan fingerprint density at radius 1 is 1.44 bits per heavy atom. The third-order valence-electron chi connectivity index (χ3n) is 2.03. The van der Waals surface area contributed by atoms with Crippen LogP contribution in [0.25, 0.3) is 0 Å². The monoisotopic (exact) mass is 222 g/mol. The van der Waals surface area contributed by atoms with Crippen LogP contribution in [0.2, 0.25) is 0 Å². The van der Waals surface area contributed by atoms with Gasteiger partial charge in [0.25, 0.3) is 0 Å². The van der Waals surface area contributed by atoms with Crippen LogP contribution in [0.1, 0.15) is 36.8 Å². The van der Waals surface area contributed by atoms with E-state index < -0.39 is 5.97 Å². The third kappa shape index (κ3) is 4.40. The molecule has 1 heterocycles. The van der Waals surface area contributed by atoms with Gasteiger partial charge in [0, 0.05) is 19.3 Å². The highest BCUT2D eigenvalue weighted by Gasteiger charge is 2.09. The highest BCUT2D eigenvalue weighted by molar-refractivity contribution is 5.87. The Bertz CT molecular complexity index is 352. The topological polar surface area (TPSA) is 62.2 Å². The summed E-state index contributed by atoms with van der Waals surface area (Å²) in [5.74, 6) is -0.943. The van der Waals surface area contributed by atoms with E-state index in [0.29, 0.717) is 6.54 Å². The van der Waals surface area contributed by atoms with Crippen molar-refractivity contribution in [3.05, 3.63) is 29.6 Å². The Labute approximate surface area is 95.7 Å². The van der Waals surface area contributed by atoms with Crippen molar-refractivity contribution >= 4 is 5.97 Å². The van der Waals surface area contributed by atoms with Gasteiger partial charge in [-0.3, -0.25) is 4.98 Å². The van der Waals surface area contributed by atoms with Crippen LogP contribution in [-0.4, -0.2) is 22.6 Å². The van der Waals surface area contributed by atoms with Gasteiger partial charge >= 0.3 is 5.97 Å². The van der Waals surface area contributed by atoms with Crippen LogP contribution in [0.3, 0.4) is 0 Å². The maximum atomic E-state index is 10.6. The zero-order valence-corrected chi connectivity index (χ0v) is 9.95. The molecule has 0 saturated heterocycles. The van der Waals surface area contributed by atoms with Gasteiger partial charge in [-0.05, 0) is 17.5 Å². The summed E-state index contributed by atoms with van der Waals surface area (Å²) < 4.78 is 0. The van der Waals surface area contributed by atoms with Gasteiger partial charge < -0.3 is 10.4 Å². The predicted octanol–water partition coefficient (Wildman–Crippen LogP) is 1.92. The zero-order valence-electron chi connectivity index (χ0n) is 9.95. The Morgan fingerprint density at radius 2 is 2.12 bits per heavy atom. The first kappa shape index (κ1) is 12.6. The normalized spacial score (nSPS) is 11.4. The van der Waals surface area contributed by atoms with Gasteiger partial charge in [-0.25, -0.2) is 4.79 Å². The lowest BCUT2D eigenvalue weighted by molar-refractivity contribution is 0.0696. The van der Waals surface area contributed by atoms with Gasteiger partial charge in [0.15, 0.2) is 0 Å². The second-order valence-corrected chi connectivity index (χ2v) is 5.01. The zero-order chi connectivity index (χ0) is 12.2. The van der Waals surface area contributed by atoms with Gasteiger partial charge in [0.1, 0.15) is 0 Å². The summed E-state index contributed by atoms with van der Waals surface area (Å²) in [6.07, 6.45) is 1.39. The largest absolute Gasteiger partial charge is 0.478 e. The van der Waals surface area contributed by atoms with Crippen molar-refractivity contribution in [2.45, 2.75) is 27.3 Å². The molecule has 0 unspecified atom stereocenters. The van der Waals surface area contributed by atoms with E-state index in [4.69, 9.17) is 5.11 Å². The number of nitrogens with one attached hydrogen (secondary N) is 1. The van der Waals surface area contributed by atoms with Crippen LogP contribution in [-0.2, 0) is 6.54 Å². The summed E-state index contributed by atoms with van der Waals surface area (Å²) in [7, 11) is 0. The van der Waals surface area contributed by atoms with Crippen molar-refractivity contribution in [1.29, 1.82) is 0 Å². The SMILES string of the molecule is CC(C)(C)CNCc1ccc(C(=O)O)cn1. The van der Waals surface area contributed by atoms with Crippen LogP contribution in [0.4, 0.5) is 0 Å². The molecular formula is C12H18N2O2. The van der Waals surface area contributed by atoms with E-state index in [1.807, 2.05) is 0 Å². The lowest BCUT2D eigenvalue weighted by Crippen LogP contribution is -2.26. The van der Waals surface area contributed by atoms with Crippen molar-refractivity contribution in [2.75, 3.05) is 6.54 Å². The molecule has 1 rings (SSSR count). The Kier molecular flexibility index (Phi) is 4.01. The van der Waals surface area contributed by atoms with Crippen molar-refractivity contribution < 1.29 is 9.90 Å². The summed E-state index contributed by atoms with van der Waals surface area (Å²) in [5.41, 5.74) is 1.31. The molecule has 0 saturated carbocycles. The molecule has 1 aromatic heterocycles. The maximum absolute atomic E-state index is 10.6. The minimum absolute atomic E-state index is 0.222. The minimum Gasteiger partial charge on any atom is -0.478 e. The van der Waals surface area contributed by atoms with E-state index in [2.05, 4.69) is 31.1 Å². The number of pyridine rings is 1. The van der Waals surface area contributed by atoms with Crippen LogP contribution in [0.15, 0.2) is 18.3 Å². The van der Waals surface area contributed by atoms with Gasteiger partial charge in [-0.15, -0.1) is 0 Å². The molecule has 0 spiro atoms. The standard InChI is InChI=1S/C12H18N2O2/c1-12(2,3)8-13-7-10-5-4-9(6-14-10)11(15)16/h4-6,13H,7-8H2,1-3H3,(H,15,16). The van der Waals surface area contributed by atoms with Gasteiger partial charge in [0.2, 0.25) is 0 Å². The Balaban J connectivity index is 2.47. The van der Waals surface area contributed by atoms with E-state index in [0.717, 1.165) is 12.2 Å². The molecule has 0 amide bonds. The number of carbonyl (C=O) groups is 1. The average molecular weight is 222 g/mol. The molecule has 1 aromatic rings. The van der Waals surface area contributed by atoms with Crippen molar-refractivity contribution in [2.24, 2.45) is 5.41 Å². The molecule has 0 aliphatic rings. The molecule has 0 radical (unpaired) electrons. The first-order chi connectivity index (χ1) is 7.38. The fourth-order valence-corrected chi connectivity index (χ4v) is 1.22. The van der Waals surface area contributed by atoms with Crippen LogP contribution >= 0.6 is 0 Å². The fraction of sp³-hybridized carbons (Fsp3) is 0.500. The lowest BCUT2D eigenvalue weighted by atomic mass is 9.97. The summed E-state index contributed by atoms with van der Waals surface area (Å²) in [5, 5.41) is 12.0. The first-order valence-electron chi connectivity index (χ1n) is 5.27. The number of hydrogen-bond acceptors (Lipinski definition) is 3. The number of carboxylic acid groups (broad SMARTS) is 1. The summed E-state index contributed by atoms with van der Waals surface area (Å²) in [6.45, 7) is 8.02. The molecule has 16 heavy (non-hydrogen) atoms. The Morgan fingerprint density at radius 3 is 2.56 bits per heavy atom. The number of aromatic nitrogens is 1. The van der Waals surface area contributed by atoms with Crippen LogP contribution < -0.4 is 5.32 Å². The smallest absolute Gasteiger partial charge is 0.337 e. The summed E-state index contributed by atoms with van der Waals surface area (Å²) in [6, 6.07) is 3.31. The molecule has 0 aliphatic carbocycles. The van der Waals surface area contributed by atoms with E-state index >= 15 is 0 Å². The first-order valence-corrected chi connectivity index (χ1v) is 5.27. The molecule has 2 N–H and O–H groups in total. The molecule has 0 aromatic carbocycles. The third-order valence-corrected chi connectivity index (χ3v) is 2.03. The maximum Gasteiger partial charge on any atom is 0.337 e. The average Bonchev–Trinajstić information content (AvgIpc) is 2.16. The van der Waals surface area contributed by atoms with Crippen LogP contribution in [0, 0.1) is 5.41 Å². The van der Waals surface area contributed by atoms with E-state index in [1.165, 1.54) is 6.20 Å². The minimum atomic E-state index is -0.943. The van der Waals surface area contributed by atoms with Crippen LogP contribution in [0.5, 0.6) is 0 Å². The molecule has 0 aliphatic heterocycles. The number of aromatic carboxylic acids is 1. The van der Waals surface area contributed by atoms with Gasteiger partial charge in [-0.2, -0.15) is 0 Å². The number of carboxylic acids is 1. The molecule has 4 nitrogen and oxygen atoms in total. The molecule has 0 fully saturated rings. The molecular weight excluding hydrogens is 204 g/mol. The number of rotatable bonds is 4. The van der Waals surface area contributed by atoms with E-state index in [-0.39, 0.29) is 11.0 Å². The van der Waals surface area contributed by atoms with Crippen molar-refractivity contribution in [1.82, 2.24) is 10.3 Å². The predicted molar refractivity (Wildman–Crippen MR) is 62.4 cm³/mol. The Hall–Kier alpha value is -1.42. The quantitative estimate of drug-likeness (QED) is 0.817. The van der Waals surface area contributed by atoms with Crippen molar-refractivity contribution in [3.8, 4) is 0 Å². The van der Waals surface area contributed by atoms with E-state index in [9.17, 15) is 4.79 Å². The summed E-state index contributed by atoms with van der Waals surface area (Å²) >= 11 is 0. The second-order valence-electron chi connectivity index (χ2n) is 5.01.